The first-order valence-corrected chi connectivity index (χ1v) is 5.40. The Labute approximate surface area is 87.6 Å². The number of carbonyl (C=O) groups excluding carboxylic acids is 1. The zero-order valence-corrected chi connectivity index (χ0v) is 8.59. The number of hydrogen-bond donors (Lipinski definition) is 1. The highest BCUT2D eigenvalue weighted by Crippen LogP contribution is 2.43. The summed E-state index contributed by atoms with van der Waals surface area (Å²) in [5.74, 6) is -3.21. The maximum atomic E-state index is 12.6. The Morgan fingerprint density at radius 2 is 2.07 bits per heavy atom. The van der Waals surface area contributed by atoms with Crippen LogP contribution in [0.25, 0.3) is 0 Å². The van der Waals surface area contributed by atoms with Gasteiger partial charge in [0.2, 0.25) is 11.8 Å². The number of amides is 1. The average molecular weight is 218 g/mol. The molecule has 0 spiro atoms. The summed E-state index contributed by atoms with van der Waals surface area (Å²) in [4.78, 5) is 13.4. The number of rotatable bonds is 1. The summed E-state index contributed by atoms with van der Waals surface area (Å²) in [5, 5.41) is 0. The topological polar surface area (TPSA) is 46.3 Å². The highest BCUT2D eigenvalue weighted by Gasteiger charge is 2.49. The van der Waals surface area contributed by atoms with E-state index in [0.717, 1.165) is 12.8 Å². The molecule has 15 heavy (non-hydrogen) atoms. The molecule has 2 rings (SSSR count). The average Bonchev–Trinajstić information content (AvgIpc) is 2.13. The van der Waals surface area contributed by atoms with E-state index in [1.807, 2.05) is 0 Å². The molecule has 0 aromatic rings. The van der Waals surface area contributed by atoms with Crippen LogP contribution in [0.5, 0.6) is 0 Å². The fraction of sp³-hybridized carbons (Fsp3) is 0.900. The molecule has 1 atom stereocenters. The summed E-state index contributed by atoms with van der Waals surface area (Å²) in [5.41, 5.74) is 5.73. The highest BCUT2D eigenvalue weighted by molar-refractivity contribution is 5.80. The molecule has 1 heterocycles. The summed E-state index contributed by atoms with van der Waals surface area (Å²) in [6.07, 6.45) is 1.25. The molecule has 1 saturated carbocycles. The number of likely N-dealkylation sites (tertiary alicyclic amines) is 1. The number of alkyl halides is 2. The summed E-state index contributed by atoms with van der Waals surface area (Å²) >= 11 is 0. The van der Waals surface area contributed by atoms with Crippen molar-refractivity contribution in [1.82, 2.24) is 4.90 Å². The Kier molecular flexibility index (Phi) is 2.66. The SMILES string of the molecule is N[C@@H]1CCCN(C(=O)C2CC(F)(F)C2)C1. The molecular formula is C10H16F2N2O. The summed E-state index contributed by atoms with van der Waals surface area (Å²) in [6, 6.07) is 0.0169. The van der Waals surface area contributed by atoms with E-state index in [1.54, 1.807) is 4.90 Å². The number of halogens is 2. The smallest absolute Gasteiger partial charge is 0.249 e. The monoisotopic (exact) mass is 218 g/mol. The Balaban J connectivity index is 1.86. The number of nitrogens with two attached hydrogens (primary N) is 1. The lowest BCUT2D eigenvalue weighted by molar-refractivity contribution is -0.160. The van der Waals surface area contributed by atoms with Crippen LogP contribution in [0.15, 0.2) is 0 Å². The van der Waals surface area contributed by atoms with Crippen LogP contribution in [0.1, 0.15) is 25.7 Å². The first-order valence-electron chi connectivity index (χ1n) is 5.40. The molecule has 2 aliphatic rings. The molecule has 0 radical (unpaired) electrons. The zero-order chi connectivity index (χ0) is 11.1. The summed E-state index contributed by atoms with van der Waals surface area (Å²) in [7, 11) is 0. The number of piperidine rings is 1. The standard InChI is InChI=1S/C10H16F2N2O/c11-10(12)4-7(5-10)9(15)14-3-1-2-8(13)6-14/h7-8H,1-6,13H2/t8-/m1/s1. The van der Waals surface area contributed by atoms with Crippen molar-refractivity contribution in [2.24, 2.45) is 11.7 Å². The van der Waals surface area contributed by atoms with E-state index in [-0.39, 0.29) is 24.8 Å². The summed E-state index contributed by atoms with van der Waals surface area (Å²) < 4.78 is 25.2. The molecule has 86 valence electrons. The maximum absolute atomic E-state index is 12.6. The van der Waals surface area contributed by atoms with Gasteiger partial charge in [-0.3, -0.25) is 4.79 Å². The number of carbonyl (C=O) groups is 1. The van der Waals surface area contributed by atoms with Gasteiger partial charge in [0.25, 0.3) is 0 Å². The molecule has 0 aromatic heterocycles. The van der Waals surface area contributed by atoms with E-state index < -0.39 is 11.8 Å². The molecule has 0 aromatic carbocycles. The van der Waals surface area contributed by atoms with Gasteiger partial charge in [0.1, 0.15) is 0 Å². The van der Waals surface area contributed by atoms with Crippen LogP contribution < -0.4 is 5.73 Å². The van der Waals surface area contributed by atoms with Crippen molar-refractivity contribution < 1.29 is 13.6 Å². The lowest BCUT2D eigenvalue weighted by Crippen LogP contribution is -2.52. The normalized spacial score (nSPS) is 31.1. The molecule has 2 N–H and O–H groups in total. The molecular weight excluding hydrogens is 202 g/mol. The van der Waals surface area contributed by atoms with Crippen LogP contribution in [-0.4, -0.2) is 35.9 Å². The molecule has 0 bridgehead atoms. The Bertz CT molecular complexity index is 262. The quantitative estimate of drug-likeness (QED) is 0.713. The van der Waals surface area contributed by atoms with Crippen LogP contribution in [0.4, 0.5) is 8.78 Å². The Morgan fingerprint density at radius 1 is 1.40 bits per heavy atom. The lowest BCUT2D eigenvalue weighted by atomic mass is 9.80. The van der Waals surface area contributed by atoms with Crippen LogP contribution in [-0.2, 0) is 4.79 Å². The minimum atomic E-state index is -2.61. The van der Waals surface area contributed by atoms with Gasteiger partial charge in [-0.15, -0.1) is 0 Å². The van der Waals surface area contributed by atoms with E-state index in [1.165, 1.54) is 0 Å². The molecule has 2 fully saturated rings. The van der Waals surface area contributed by atoms with Gasteiger partial charge in [-0.2, -0.15) is 0 Å². The third kappa shape index (κ3) is 2.27. The molecule has 1 saturated heterocycles. The zero-order valence-electron chi connectivity index (χ0n) is 8.59. The molecule has 3 nitrogen and oxygen atoms in total. The lowest BCUT2D eigenvalue weighted by Gasteiger charge is -2.39. The molecule has 1 aliphatic carbocycles. The second kappa shape index (κ2) is 3.70. The second-order valence-electron chi connectivity index (χ2n) is 4.65. The number of hydrogen-bond acceptors (Lipinski definition) is 2. The van der Waals surface area contributed by atoms with Crippen molar-refractivity contribution in [2.75, 3.05) is 13.1 Å². The first-order chi connectivity index (χ1) is 6.98. The molecule has 5 heteroatoms. The minimum absolute atomic E-state index is 0.0169. The van der Waals surface area contributed by atoms with Gasteiger partial charge in [0.05, 0.1) is 0 Å². The Morgan fingerprint density at radius 3 is 2.60 bits per heavy atom. The first kappa shape index (κ1) is 10.8. The fourth-order valence-corrected chi connectivity index (χ4v) is 2.30. The van der Waals surface area contributed by atoms with Crippen molar-refractivity contribution in [3.05, 3.63) is 0 Å². The van der Waals surface area contributed by atoms with Crippen molar-refractivity contribution in [3.8, 4) is 0 Å². The van der Waals surface area contributed by atoms with Crippen molar-refractivity contribution in [2.45, 2.75) is 37.6 Å². The van der Waals surface area contributed by atoms with Gasteiger partial charge in [-0.1, -0.05) is 0 Å². The fourth-order valence-electron chi connectivity index (χ4n) is 2.30. The predicted octanol–water partition coefficient (Wildman–Crippen LogP) is 0.981. The third-order valence-electron chi connectivity index (χ3n) is 3.21. The molecule has 0 unspecified atom stereocenters. The van der Waals surface area contributed by atoms with E-state index in [9.17, 15) is 13.6 Å². The van der Waals surface area contributed by atoms with Crippen LogP contribution in [0, 0.1) is 5.92 Å². The number of nitrogens with zero attached hydrogens (tertiary/aromatic N) is 1. The van der Waals surface area contributed by atoms with Crippen molar-refractivity contribution in [3.63, 3.8) is 0 Å². The van der Waals surface area contributed by atoms with E-state index in [4.69, 9.17) is 5.73 Å². The van der Waals surface area contributed by atoms with E-state index in [0.29, 0.717) is 13.1 Å². The Hall–Kier alpha value is -0.710. The van der Waals surface area contributed by atoms with Crippen LogP contribution in [0.3, 0.4) is 0 Å². The summed E-state index contributed by atoms with van der Waals surface area (Å²) in [6.45, 7) is 1.20. The third-order valence-corrected chi connectivity index (χ3v) is 3.21. The van der Waals surface area contributed by atoms with Crippen LogP contribution in [0.2, 0.25) is 0 Å². The maximum Gasteiger partial charge on any atom is 0.249 e. The largest absolute Gasteiger partial charge is 0.341 e. The van der Waals surface area contributed by atoms with Gasteiger partial charge in [0.15, 0.2) is 0 Å². The van der Waals surface area contributed by atoms with Gasteiger partial charge < -0.3 is 10.6 Å². The van der Waals surface area contributed by atoms with Crippen LogP contribution >= 0.6 is 0 Å². The molecule has 1 amide bonds. The van der Waals surface area contributed by atoms with Gasteiger partial charge >= 0.3 is 0 Å². The highest BCUT2D eigenvalue weighted by atomic mass is 19.3. The second-order valence-corrected chi connectivity index (χ2v) is 4.65. The molecule has 1 aliphatic heterocycles. The van der Waals surface area contributed by atoms with Gasteiger partial charge in [0, 0.05) is 37.9 Å². The van der Waals surface area contributed by atoms with Crippen molar-refractivity contribution in [1.29, 1.82) is 0 Å². The van der Waals surface area contributed by atoms with Crippen molar-refractivity contribution >= 4 is 5.91 Å². The van der Waals surface area contributed by atoms with E-state index >= 15 is 0 Å². The minimum Gasteiger partial charge on any atom is -0.341 e. The van der Waals surface area contributed by atoms with Gasteiger partial charge in [-0.05, 0) is 12.8 Å². The van der Waals surface area contributed by atoms with Gasteiger partial charge in [-0.25, -0.2) is 8.78 Å². The van der Waals surface area contributed by atoms with E-state index in [2.05, 4.69) is 0 Å². The predicted molar refractivity (Wildman–Crippen MR) is 51.5 cm³/mol.